The number of halogens is 4. The minimum absolute atomic E-state index is 0.0436. The lowest BCUT2D eigenvalue weighted by Crippen LogP contribution is -2.10. The zero-order valence-corrected chi connectivity index (χ0v) is 19.4. The molecule has 0 radical (unpaired) electrons. The highest BCUT2D eigenvalue weighted by Gasteiger charge is 2.38. The summed E-state index contributed by atoms with van der Waals surface area (Å²) in [5.41, 5.74) is 1.49. The van der Waals surface area contributed by atoms with Crippen LogP contribution in [0.25, 0.3) is 11.3 Å². The Morgan fingerprint density at radius 2 is 1.94 bits per heavy atom. The largest absolute Gasteiger partial charge is 0.478 e. The Bertz CT molecular complexity index is 1180. The highest BCUT2D eigenvalue weighted by Crippen LogP contribution is 2.36. The van der Waals surface area contributed by atoms with E-state index in [1.807, 2.05) is 13.8 Å². The van der Waals surface area contributed by atoms with E-state index in [-0.39, 0.29) is 35.0 Å². The minimum Gasteiger partial charge on any atom is -0.478 e. The van der Waals surface area contributed by atoms with E-state index < -0.39 is 11.9 Å². The average Bonchev–Trinajstić information content (AvgIpc) is 3.12. The van der Waals surface area contributed by atoms with Gasteiger partial charge in [0.05, 0.1) is 23.6 Å². The van der Waals surface area contributed by atoms with Gasteiger partial charge in [0.2, 0.25) is 5.88 Å². The molecular weight excluding hydrogens is 459 g/mol. The van der Waals surface area contributed by atoms with Crippen LogP contribution in [-0.2, 0) is 30.9 Å². The lowest BCUT2D eigenvalue weighted by atomic mass is 10.0. The van der Waals surface area contributed by atoms with Crippen LogP contribution in [0.5, 0.6) is 5.88 Å². The number of ether oxygens (including phenoxy) is 1. The molecule has 0 spiro atoms. The van der Waals surface area contributed by atoms with Gasteiger partial charge in [-0.25, -0.2) is 4.98 Å². The maximum atomic E-state index is 13.3. The van der Waals surface area contributed by atoms with Gasteiger partial charge < -0.3 is 4.74 Å². The van der Waals surface area contributed by atoms with Crippen molar-refractivity contribution in [2.24, 2.45) is 7.05 Å². The van der Waals surface area contributed by atoms with Crippen LogP contribution in [0, 0.1) is 13.8 Å². The summed E-state index contributed by atoms with van der Waals surface area (Å²) in [5, 5.41) is 11.8. The Kier molecular flexibility index (Phi) is 7.36. The van der Waals surface area contributed by atoms with Crippen LogP contribution in [0.3, 0.4) is 0 Å². The fraction of sp³-hybridized carbons (Fsp3) is 0.409. The lowest BCUT2D eigenvalue weighted by molar-refractivity contribution is -0.141. The summed E-state index contributed by atoms with van der Waals surface area (Å²) < 4.78 is 46.4. The summed E-state index contributed by atoms with van der Waals surface area (Å²) in [6.45, 7) is 5.73. The third-order valence-corrected chi connectivity index (χ3v) is 5.21. The number of alkyl halides is 3. The molecule has 7 nitrogen and oxygen atoms in total. The summed E-state index contributed by atoms with van der Waals surface area (Å²) >= 11 is 6.04. The number of pyridine rings is 1. The van der Waals surface area contributed by atoms with Crippen molar-refractivity contribution in [3.05, 3.63) is 51.6 Å². The summed E-state index contributed by atoms with van der Waals surface area (Å²) in [6, 6.07) is 3.28. The minimum atomic E-state index is -4.61. The Morgan fingerprint density at radius 3 is 2.58 bits per heavy atom. The number of carbonyl (C=O) groups is 1. The summed E-state index contributed by atoms with van der Waals surface area (Å²) in [4.78, 5) is 16.7. The van der Waals surface area contributed by atoms with Crippen LogP contribution in [-0.4, -0.2) is 37.4 Å². The van der Waals surface area contributed by atoms with Gasteiger partial charge in [-0.1, -0.05) is 11.6 Å². The van der Waals surface area contributed by atoms with E-state index in [1.54, 1.807) is 19.1 Å². The number of hydrogen-bond acceptors (Lipinski definition) is 6. The van der Waals surface area contributed by atoms with Gasteiger partial charge in [0.15, 0.2) is 5.69 Å². The number of aromatic nitrogens is 5. The first-order valence-electron chi connectivity index (χ1n) is 10.2. The van der Waals surface area contributed by atoms with Crippen LogP contribution in [0.1, 0.15) is 41.4 Å². The van der Waals surface area contributed by atoms with Crippen molar-refractivity contribution in [1.82, 2.24) is 25.0 Å². The quantitative estimate of drug-likeness (QED) is 0.433. The van der Waals surface area contributed by atoms with Crippen molar-refractivity contribution in [3.63, 3.8) is 0 Å². The van der Waals surface area contributed by atoms with Crippen molar-refractivity contribution >= 4 is 17.4 Å². The predicted molar refractivity (Wildman–Crippen MR) is 116 cm³/mol. The van der Waals surface area contributed by atoms with Crippen molar-refractivity contribution in [1.29, 1.82) is 0 Å². The zero-order chi connectivity index (χ0) is 24.3. The smallest absolute Gasteiger partial charge is 0.435 e. The zero-order valence-electron chi connectivity index (χ0n) is 18.6. The summed E-state index contributed by atoms with van der Waals surface area (Å²) in [5.74, 6) is 0.358. The number of hydrogen-bond donors (Lipinski definition) is 0. The fourth-order valence-electron chi connectivity index (χ4n) is 3.43. The van der Waals surface area contributed by atoms with Gasteiger partial charge in [0, 0.05) is 31.6 Å². The Labute approximate surface area is 194 Å². The number of carbonyl (C=O) groups excluding carboxylic acids is 1. The van der Waals surface area contributed by atoms with Crippen LogP contribution in [0.4, 0.5) is 13.2 Å². The van der Waals surface area contributed by atoms with Crippen molar-refractivity contribution < 1.29 is 22.7 Å². The maximum absolute atomic E-state index is 13.3. The Morgan fingerprint density at radius 1 is 1.21 bits per heavy atom. The standard InChI is InChI=1S/C22H23ClF3N5O2/c1-5-33-21-13(3)14(10-18(23)27-21)9-16(32)7-6-15-8-12(2)19(29-28-15)17-11-31(4)30-20(17)22(24,25)26/h8,10-11H,5-7,9H2,1-4H3. The molecule has 176 valence electrons. The lowest BCUT2D eigenvalue weighted by Gasteiger charge is -2.11. The molecule has 0 aromatic carbocycles. The molecule has 3 aromatic rings. The molecule has 11 heteroatoms. The van der Waals surface area contributed by atoms with E-state index in [2.05, 4.69) is 20.3 Å². The van der Waals surface area contributed by atoms with Crippen molar-refractivity contribution in [2.45, 2.75) is 46.2 Å². The van der Waals surface area contributed by atoms with Gasteiger partial charge in [-0.3, -0.25) is 9.48 Å². The van der Waals surface area contributed by atoms with Crippen LogP contribution in [0.2, 0.25) is 5.15 Å². The molecule has 0 saturated heterocycles. The first-order chi connectivity index (χ1) is 15.5. The number of Topliss-reactive ketones (excluding diaryl/α,β-unsaturated/α-hetero) is 1. The van der Waals surface area contributed by atoms with E-state index in [4.69, 9.17) is 16.3 Å². The van der Waals surface area contributed by atoms with Gasteiger partial charge >= 0.3 is 6.18 Å². The molecule has 3 aromatic heterocycles. The van der Waals surface area contributed by atoms with Gasteiger partial charge in [0.25, 0.3) is 0 Å². The van der Waals surface area contributed by atoms with E-state index in [0.29, 0.717) is 30.2 Å². The highest BCUT2D eigenvalue weighted by molar-refractivity contribution is 6.29. The van der Waals surface area contributed by atoms with Crippen molar-refractivity contribution in [2.75, 3.05) is 6.61 Å². The monoisotopic (exact) mass is 481 g/mol. The molecule has 0 aliphatic carbocycles. The molecule has 0 fully saturated rings. The molecule has 33 heavy (non-hydrogen) atoms. The van der Waals surface area contributed by atoms with Gasteiger partial charge in [0.1, 0.15) is 10.9 Å². The molecular formula is C22H23ClF3N5O2. The normalized spacial score (nSPS) is 11.6. The second-order valence-electron chi connectivity index (χ2n) is 7.61. The third-order valence-electron chi connectivity index (χ3n) is 5.02. The second-order valence-corrected chi connectivity index (χ2v) is 8.00. The first kappa shape index (κ1) is 24.6. The molecule has 0 saturated carbocycles. The van der Waals surface area contributed by atoms with E-state index in [0.717, 1.165) is 15.8 Å². The number of aryl methyl sites for hydroxylation is 3. The van der Waals surface area contributed by atoms with E-state index in [1.165, 1.54) is 13.2 Å². The first-order valence-corrected chi connectivity index (χ1v) is 10.6. The topological polar surface area (TPSA) is 82.8 Å². The predicted octanol–water partition coefficient (Wildman–Crippen LogP) is 4.70. The molecule has 3 heterocycles. The molecule has 3 rings (SSSR count). The third kappa shape index (κ3) is 5.87. The average molecular weight is 482 g/mol. The summed E-state index contributed by atoms with van der Waals surface area (Å²) in [7, 11) is 1.41. The van der Waals surface area contributed by atoms with Gasteiger partial charge in [-0.2, -0.15) is 23.4 Å². The van der Waals surface area contributed by atoms with E-state index >= 15 is 0 Å². The molecule has 0 N–H and O–H groups in total. The van der Waals surface area contributed by atoms with Crippen LogP contribution >= 0.6 is 11.6 Å². The number of nitrogens with zero attached hydrogens (tertiary/aromatic N) is 5. The summed E-state index contributed by atoms with van der Waals surface area (Å²) in [6.07, 6.45) is -2.68. The number of ketones is 1. The van der Waals surface area contributed by atoms with Gasteiger partial charge in [-0.05, 0) is 50.5 Å². The maximum Gasteiger partial charge on any atom is 0.435 e. The van der Waals surface area contributed by atoms with Crippen LogP contribution in [0.15, 0.2) is 18.3 Å². The van der Waals surface area contributed by atoms with E-state index in [9.17, 15) is 18.0 Å². The van der Waals surface area contributed by atoms with Crippen molar-refractivity contribution in [3.8, 4) is 17.1 Å². The van der Waals surface area contributed by atoms with Gasteiger partial charge in [-0.15, -0.1) is 5.10 Å². The molecule has 0 bridgehead atoms. The molecule has 0 atom stereocenters. The molecule has 0 aliphatic rings. The Hall–Kier alpha value is -3.01. The fourth-order valence-corrected chi connectivity index (χ4v) is 3.64. The second kappa shape index (κ2) is 9.86. The highest BCUT2D eigenvalue weighted by atomic mass is 35.5. The molecule has 0 amide bonds. The number of rotatable bonds is 8. The molecule has 0 unspecified atom stereocenters. The molecule has 0 aliphatic heterocycles. The van der Waals surface area contributed by atoms with Crippen LogP contribution < -0.4 is 4.74 Å². The SMILES string of the molecule is CCOc1nc(Cl)cc(CC(=O)CCc2cc(C)c(-c3cn(C)nc3C(F)(F)F)nn2)c1C. The Balaban J connectivity index is 1.72.